The lowest BCUT2D eigenvalue weighted by atomic mass is 10.1. The van der Waals surface area contributed by atoms with Crippen molar-refractivity contribution in [2.24, 2.45) is 0 Å². The molecule has 1 aliphatic heterocycles. The van der Waals surface area contributed by atoms with E-state index in [2.05, 4.69) is 5.32 Å². The summed E-state index contributed by atoms with van der Waals surface area (Å²) in [5, 5.41) is 2.96. The number of hydrogen-bond acceptors (Lipinski definition) is 5. The van der Waals surface area contributed by atoms with Gasteiger partial charge < -0.3 is 24.4 Å². The number of carbonyl (C=O) groups is 2. The van der Waals surface area contributed by atoms with Gasteiger partial charge in [0.2, 0.25) is 0 Å². The molecule has 3 rings (SSSR count). The number of nitrogens with one attached hydrogen (secondary N) is 1. The second-order valence-corrected chi connectivity index (χ2v) is 7.20. The van der Waals surface area contributed by atoms with Crippen LogP contribution < -0.4 is 14.8 Å². The molecule has 1 N–H and O–H groups in total. The number of nitrogens with zero attached hydrogens (tertiary/aromatic N) is 1. The zero-order valence-electron chi connectivity index (χ0n) is 17.4. The van der Waals surface area contributed by atoms with Crippen LogP contribution in [0.5, 0.6) is 17.2 Å². The lowest BCUT2D eigenvalue weighted by Gasteiger charge is -2.31. The number of hydrogen-bond donors (Lipinski definition) is 1. The Kier molecular flexibility index (Phi) is 7.54. The van der Waals surface area contributed by atoms with Crippen molar-refractivity contribution in [1.29, 1.82) is 0 Å². The van der Waals surface area contributed by atoms with Crippen LogP contribution in [0.2, 0.25) is 0 Å². The predicted molar refractivity (Wildman–Crippen MR) is 113 cm³/mol. The van der Waals surface area contributed by atoms with Crippen molar-refractivity contribution in [3.8, 4) is 17.2 Å². The number of ether oxygens (including phenoxy) is 3. The fourth-order valence-corrected chi connectivity index (χ4v) is 3.19. The number of aryl methyl sites for hydroxylation is 1. The third-order valence-corrected chi connectivity index (χ3v) is 4.84. The first-order valence-electron chi connectivity index (χ1n) is 10.2. The molecule has 1 heterocycles. The molecule has 2 amide bonds. The monoisotopic (exact) mass is 412 g/mol. The van der Waals surface area contributed by atoms with Crippen LogP contribution in [0.1, 0.15) is 25.3 Å². The predicted octanol–water partition coefficient (Wildman–Crippen LogP) is 3.90. The molecule has 160 valence electrons. The van der Waals surface area contributed by atoms with Gasteiger partial charge in [0, 0.05) is 19.1 Å². The Bertz CT molecular complexity index is 828. The molecule has 1 fully saturated rings. The minimum atomic E-state index is -0.291. The van der Waals surface area contributed by atoms with Gasteiger partial charge in [-0.1, -0.05) is 17.7 Å². The average Bonchev–Trinajstić information content (AvgIpc) is 2.75. The van der Waals surface area contributed by atoms with E-state index in [9.17, 15) is 9.59 Å². The van der Waals surface area contributed by atoms with Crippen LogP contribution in [0.3, 0.4) is 0 Å². The molecule has 0 spiro atoms. The van der Waals surface area contributed by atoms with Gasteiger partial charge in [0.05, 0.1) is 6.61 Å². The first-order valence-corrected chi connectivity index (χ1v) is 10.2. The Labute approximate surface area is 176 Å². The van der Waals surface area contributed by atoms with Crippen molar-refractivity contribution in [2.75, 3.05) is 26.3 Å². The van der Waals surface area contributed by atoms with Gasteiger partial charge in [0.1, 0.15) is 17.2 Å². The second-order valence-electron chi connectivity index (χ2n) is 7.20. The van der Waals surface area contributed by atoms with E-state index in [-0.39, 0.29) is 24.6 Å². The van der Waals surface area contributed by atoms with Gasteiger partial charge >= 0.3 is 6.09 Å². The number of likely N-dealkylation sites (tertiary alicyclic amines) is 1. The Balaban J connectivity index is 1.38. The lowest BCUT2D eigenvalue weighted by Crippen LogP contribution is -2.47. The summed E-state index contributed by atoms with van der Waals surface area (Å²) >= 11 is 0. The minimum Gasteiger partial charge on any atom is -0.484 e. The molecule has 7 heteroatoms. The molecule has 0 aliphatic carbocycles. The van der Waals surface area contributed by atoms with Crippen molar-refractivity contribution in [1.82, 2.24) is 10.2 Å². The molecule has 1 aliphatic rings. The highest BCUT2D eigenvalue weighted by Gasteiger charge is 2.24. The number of amides is 2. The van der Waals surface area contributed by atoms with Gasteiger partial charge in [-0.05, 0) is 63.1 Å². The summed E-state index contributed by atoms with van der Waals surface area (Å²) < 4.78 is 16.4. The second kappa shape index (κ2) is 10.5. The largest absolute Gasteiger partial charge is 0.484 e. The van der Waals surface area contributed by atoms with E-state index in [1.807, 2.05) is 31.2 Å². The van der Waals surface area contributed by atoms with Crippen LogP contribution in [-0.4, -0.2) is 49.2 Å². The van der Waals surface area contributed by atoms with E-state index in [0.29, 0.717) is 44.0 Å². The summed E-state index contributed by atoms with van der Waals surface area (Å²) in [6.07, 6.45) is 1.12. The van der Waals surface area contributed by atoms with Crippen molar-refractivity contribution in [2.45, 2.75) is 32.7 Å². The minimum absolute atomic E-state index is 0.0389. The summed E-state index contributed by atoms with van der Waals surface area (Å²) in [5.74, 6) is 1.88. The molecule has 0 bridgehead atoms. The maximum absolute atomic E-state index is 12.2. The van der Waals surface area contributed by atoms with Gasteiger partial charge in [-0.15, -0.1) is 0 Å². The highest BCUT2D eigenvalue weighted by atomic mass is 16.6. The van der Waals surface area contributed by atoms with E-state index in [0.717, 1.165) is 5.75 Å². The molecular formula is C23H28N2O5. The van der Waals surface area contributed by atoms with Crippen molar-refractivity contribution < 1.29 is 23.8 Å². The smallest absolute Gasteiger partial charge is 0.409 e. The molecular weight excluding hydrogens is 384 g/mol. The third-order valence-electron chi connectivity index (χ3n) is 4.84. The SMILES string of the molecule is CCOC(=O)N1CCC(NC(=O)COc2ccc(Oc3ccc(C)cc3)cc2)CC1. The third kappa shape index (κ3) is 6.40. The summed E-state index contributed by atoms with van der Waals surface area (Å²) in [7, 11) is 0. The van der Waals surface area contributed by atoms with E-state index >= 15 is 0 Å². The van der Waals surface area contributed by atoms with E-state index in [4.69, 9.17) is 14.2 Å². The van der Waals surface area contributed by atoms with Gasteiger partial charge in [0.25, 0.3) is 5.91 Å². The highest BCUT2D eigenvalue weighted by molar-refractivity contribution is 5.78. The van der Waals surface area contributed by atoms with Crippen LogP contribution in [0, 0.1) is 6.92 Å². The summed E-state index contributed by atoms with van der Waals surface area (Å²) in [6, 6.07) is 15.0. The van der Waals surface area contributed by atoms with Gasteiger partial charge in [-0.3, -0.25) is 4.79 Å². The summed E-state index contributed by atoms with van der Waals surface area (Å²) in [5.41, 5.74) is 1.17. The normalized spacial score (nSPS) is 14.1. The number of rotatable bonds is 7. The fourth-order valence-electron chi connectivity index (χ4n) is 3.19. The standard InChI is InChI=1S/C23H28N2O5/c1-3-28-23(27)25-14-12-18(13-15-25)24-22(26)16-29-19-8-10-21(11-9-19)30-20-6-4-17(2)5-7-20/h4-11,18H,3,12-16H2,1-2H3,(H,24,26). The average molecular weight is 412 g/mol. The molecule has 0 unspecified atom stereocenters. The van der Waals surface area contributed by atoms with Crippen LogP contribution >= 0.6 is 0 Å². The highest BCUT2D eigenvalue weighted by Crippen LogP contribution is 2.24. The molecule has 0 radical (unpaired) electrons. The number of benzene rings is 2. The van der Waals surface area contributed by atoms with Crippen LogP contribution in [0.25, 0.3) is 0 Å². The zero-order valence-corrected chi connectivity index (χ0v) is 17.4. The number of piperidine rings is 1. The molecule has 0 aromatic heterocycles. The molecule has 30 heavy (non-hydrogen) atoms. The van der Waals surface area contributed by atoms with E-state index < -0.39 is 0 Å². The Morgan fingerprint density at radius 2 is 1.53 bits per heavy atom. The fraction of sp³-hybridized carbons (Fsp3) is 0.391. The van der Waals surface area contributed by atoms with Crippen molar-refractivity contribution >= 4 is 12.0 Å². The van der Waals surface area contributed by atoms with Crippen LogP contribution in [0.15, 0.2) is 48.5 Å². The van der Waals surface area contributed by atoms with Crippen molar-refractivity contribution in [3.63, 3.8) is 0 Å². The summed E-state index contributed by atoms with van der Waals surface area (Å²) in [4.78, 5) is 25.6. The van der Waals surface area contributed by atoms with E-state index in [1.165, 1.54) is 5.56 Å². The van der Waals surface area contributed by atoms with Crippen LogP contribution in [-0.2, 0) is 9.53 Å². The molecule has 2 aromatic carbocycles. The quantitative estimate of drug-likeness (QED) is 0.746. The zero-order chi connectivity index (χ0) is 21.3. The first kappa shape index (κ1) is 21.5. The van der Waals surface area contributed by atoms with Gasteiger partial charge in [0.15, 0.2) is 6.61 Å². The maximum Gasteiger partial charge on any atom is 0.409 e. The Hall–Kier alpha value is -3.22. The maximum atomic E-state index is 12.2. The topological polar surface area (TPSA) is 77.1 Å². The summed E-state index contributed by atoms with van der Waals surface area (Å²) in [6.45, 7) is 5.27. The molecule has 2 aromatic rings. The number of carbonyl (C=O) groups excluding carboxylic acids is 2. The van der Waals surface area contributed by atoms with Gasteiger partial charge in [-0.25, -0.2) is 4.79 Å². The van der Waals surface area contributed by atoms with Gasteiger partial charge in [-0.2, -0.15) is 0 Å². The molecule has 0 atom stereocenters. The van der Waals surface area contributed by atoms with Crippen LogP contribution in [0.4, 0.5) is 4.79 Å². The first-order chi connectivity index (χ1) is 14.5. The van der Waals surface area contributed by atoms with E-state index in [1.54, 1.807) is 36.1 Å². The Morgan fingerprint density at radius 1 is 0.967 bits per heavy atom. The Morgan fingerprint density at radius 3 is 2.13 bits per heavy atom. The molecule has 7 nitrogen and oxygen atoms in total. The van der Waals surface area contributed by atoms with Crippen molar-refractivity contribution in [3.05, 3.63) is 54.1 Å². The lowest BCUT2D eigenvalue weighted by molar-refractivity contribution is -0.124. The molecule has 1 saturated heterocycles. The molecule has 0 saturated carbocycles.